The molecule has 1 heterocycles. The fourth-order valence-corrected chi connectivity index (χ4v) is 3.55. The van der Waals surface area contributed by atoms with Crippen LogP contribution in [0.15, 0.2) is 52.0 Å². The van der Waals surface area contributed by atoms with Crippen LogP contribution in [0.3, 0.4) is 0 Å². The molecule has 1 atom stereocenters. The Bertz CT molecular complexity index is 737. The second kappa shape index (κ2) is 7.32. The molecular weight excluding hydrogens is 316 g/mol. The molecule has 0 radical (unpaired) electrons. The van der Waals surface area contributed by atoms with E-state index in [2.05, 4.69) is 10.6 Å². The number of aryl methyl sites for hydroxylation is 1. The summed E-state index contributed by atoms with van der Waals surface area (Å²) in [4.78, 5) is 12.0. The van der Waals surface area contributed by atoms with Crippen molar-refractivity contribution in [3.8, 4) is 0 Å². The minimum atomic E-state index is -3.44. The molecule has 1 aromatic heterocycles. The number of hydrogen-bond donors (Lipinski definition) is 2. The monoisotopic (exact) mass is 336 g/mol. The van der Waals surface area contributed by atoms with E-state index < -0.39 is 21.9 Å². The summed E-state index contributed by atoms with van der Waals surface area (Å²) in [5.41, 5.74) is 0.993. The van der Waals surface area contributed by atoms with Crippen LogP contribution < -0.4 is 10.6 Å². The number of sulfone groups is 1. The molecule has 124 valence electrons. The molecular formula is C16H20N2O4S. The van der Waals surface area contributed by atoms with Crippen LogP contribution in [0.4, 0.5) is 4.79 Å². The quantitative estimate of drug-likeness (QED) is 0.847. The third-order valence-corrected chi connectivity index (χ3v) is 5.16. The largest absolute Gasteiger partial charge is 0.467 e. The van der Waals surface area contributed by atoms with Gasteiger partial charge in [0, 0.05) is 6.04 Å². The van der Waals surface area contributed by atoms with Gasteiger partial charge in [-0.2, -0.15) is 0 Å². The highest BCUT2D eigenvalue weighted by atomic mass is 32.2. The minimum Gasteiger partial charge on any atom is -0.467 e. The Hall–Kier alpha value is -2.28. The summed E-state index contributed by atoms with van der Waals surface area (Å²) in [6.45, 7) is 3.79. The number of carbonyl (C=O) groups excluding carboxylic acids is 1. The van der Waals surface area contributed by atoms with Crippen molar-refractivity contribution in [1.82, 2.24) is 10.6 Å². The summed E-state index contributed by atoms with van der Waals surface area (Å²) in [6.07, 6.45) is 1.52. The maximum atomic E-state index is 12.3. The summed E-state index contributed by atoms with van der Waals surface area (Å²) in [6, 6.07) is 9.17. The average molecular weight is 336 g/mol. The van der Waals surface area contributed by atoms with Crippen LogP contribution in [0, 0.1) is 6.92 Å². The molecule has 0 aliphatic heterocycles. The summed E-state index contributed by atoms with van der Waals surface area (Å²) in [7, 11) is -3.44. The fraction of sp³-hybridized carbons (Fsp3) is 0.312. The Kier molecular flexibility index (Phi) is 5.44. The lowest BCUT2D eigenvalue weighted by Crippen LogP contribution is -2.43. The van der Waals surface area contributed by atoms with Crippen LogP contribution in [-0.4, -0.2) is 26.2 Å². The van der Waals surface area contributed by atoms with Gasteiger partial charge >= 0.3 is 6.03 Å². The van der Waals surface area contributed by atoms with Crippen molar-refractivity contribution in [2.24, 2.45) is 0 Å². The predicted molar refractivity (Wildman–Crippen MR) is 86.8 cm³/mol. The lowest BCUT2D eigenvalue weighted by Gasteiger charge is -2.15. The topological polar surface area (TPSA) is 88.4 Å². The molecule has 2 N–H and O–H groups in total. The third kappa shape index (κ3) is 5.14. The lowest BCUT2D eigenvalue weighted by molar-refractivity contribution is 0.237. The Morgan fingerprint density at radius 3 is 2.52 bits per heavy atom. The van der Waals surface area contributed by atoms with Crippen molar-refractivity contribution in [2.75, 3.05) is 5.75 Å². The Balaban J connectivity index is 1.86. The Morgan fingerprint density at radius 1 is 1.22 bits per heavy atom. The van der Waals surface area contributed by atoms with Crippen molar-refractivity contribution in [2.45, 2.75) is 31.3 Å². The number of rotatable bonds is 6. The molecule has 0 aliphatic rings. The Labute approximate surface area is 135 Å². The predicted octanol–water partition coefficient (Wildman–Crippen LogP) is 2.25. The van der Waals surface area contributed by atoms with E-state index in [0.29, 0.717) is 5.76 Å². The molecule has 7 heteroatoms. The number of carbonyl (C=O) groups is 1. The molecule has 0 spiro atoms. The average Bonchev–Trinajstić information content (AvgIpc) is 2.98. The number of hydrogen-bond acceptors (Lipinski definition) is 4. The van der Waals surface area contributed by atoms with Gasteiger partial charge in [-0.1, -0.05) is 17.7 Å². The van der Waals surface area contributed by atoms with Crippen LogP contribution in [0.1, 0.15) is 18.2 Å². The first-order valence-electron chi connectivity index (χ1n) is 7.23. The molecule has 0 saturated carbocycles. The minimum absolute atomic E-state index is 0.162. The van der Waals surface area contributed by atoms with E-state index >= 15 is 0 Å². The zero-order valence-corrected chi connectivity index (χ0v) is 13.9. The van der Waals surface area contributed by atoms with Crippen LogP contribution in [0.2, 0.25) is 0 Å². The number of furan rings is 1. The standard InChI is InChI=1S/C16H20N2O4S/c1-12-5-7-15(8-6-12)23(20,21)11-13(2)18-16(19)17-10-14-4-3-9-22-14/h3-9,13H,10-11H2,1-2H3,(H2,17,18,19). The summed E-state index contributed by atoms with van der Waals surface area (Å²) < 4.78 is 29.7. The SMILES string of the molecule is Cc1ccc(S(=O)(=O)CC(C)NC(=O)NCc2ccco2)cc1. The van der Waals surface area contributed by atoms with Crippen molar-refractivity contribution in [1.29, 1.82) is 0 Å². The van der Waals surface area contributed by atoms with E-state index in [4.69, 9.17) is 4.42 Å². The van der Waals surface area contributed by atoms with Crippen molar-refractivity contribution in [3.63, 3.8) is 0 Å². The number of nitrogens with one attached hydrogen (secondary N) is 2. The van der Waals surface area contributed by atoms with Gasteiger partial charge in [0.05, 0.1) is 23.5 Å². The zero-order valence-electron chi connectivity index (χ0n) is 13.1. The summed E-state index contributed by atoms with van der Waals surface area (Å²) in [5, 5.41) is 5.22. The molecule has 0 bridgehead atoms. The highest BCUT2D eigenvalue weighted by Crippen LogP contribution is 2.13. The molecule has 2 amide bonds. The first-order chi connectivity index (χ1) is 10.9. The van der Waals surface area contributed by atoms with Gasteiger partial charge in [-0.05, 0) is 38.1 Å². The van der Waals surface area contributed by atoms with Crippen LogP contribution in [0.25, 0.3) is 0 Å². The highest BCUT2D eigenvalue weighted by Gasteiger charge is 2.19. The van der Waals surface area contributed by atoms with E-state index in [1.165, 1.54) is 6.26 Å². The molecule has 1 unspecified atom stereocenters. The summed E-state index contributed by atoms with van der Waals surface area (Å²) in [5.74, 6) is 0.463. The molecule has 2 rings (SSSR count). The second-order valence-electron chi connectivity index (χ2n) is 5.40. The maximum Gasteiger partial charge on any atom is 0.315 e. The second-order valence-corrected chi connectivity index (χ2v) is 7.44. The molecule has 6 nitrogen and oxygen atoms in total. The van der Waals surface area contributed by atoms with Crippen molar-refractivity contribution in [3.05, 3.63) is 54.0 Å². The molecule has 23 heavy (non-hydrogen) atoms. The number of urea groups is 1. The van der Waals surface area contributed by atoms with E-state index in [-0.39, 0.29) is 17.2 Å². The first kappa shape index (κ1) is 17.1. The van der Waals surface area contributed by atoms with Gasteiger partial charge in [-0.25, -0.2) is 13.2 Å². The van der Waals surface area contributed by atoms with Gasteiger partial charge in [0.1, 0.15) is 5.76 Å². The molecule has 0 fully saturated rings. The lowest BCUT2D eigenvalue weighted by atomic mass is 10.2. The summed E-state index contributed by atoms with van der Waals surface area (Å²) >= 11 is 0. The van der Waals surface area contributed by atoms with Crippen LogP contribution >= 0.6 is 0 Å². The van der Waals surface area contributed by atoms with Crippen molar-refractivity contribution < 1.29 is 17.6 Å². The van der Waals surface area contributed by atoms with Gasteiger partial charge in [-0.15, -0.1) is 0 Å². The van der Waals surface area contributed by atoms with E-state index in [1.54, 1.807) is 43.3 Å². The van der Waals surface area contributed by atoms with Gasteiger partial charge < -0.3 is 15.1 Å². The smallest absolute Gasteiger partial charge is 0.315 e. The van der Waals surface area contributed by atoms with Gasteiger partial charge in [0.2, 0.25) is 0 Å². The van der Waals surface area contributed by atoms with E-state index in [0.717, 1.165) is 5.56 Å². The van der Waals surface area contributed by atoms with Gasteiger partial charge in [0.25, 0.3) is 0 Å². The molecule has 2 aromatic rings. The maximum absolute atomic E-state index is 12.3. The fourth-order valence-electron chi connectivity index (χ4n) is 2.07. The molecule has 0 saturated heterocycles. The third-order valence-electron chi connectivity index (χ3n) is 3.23. The van der Waals surface area contributed by atoms with Crippen LogP contribution in [-0.2, 0) is 16.4 Å². The van der Waals surface area contributed by atoms with E-state index in [1.807, 2.05) is 6.92 Å². The van der Waals surface area contributed by atoms with E-state index in [9.17, 15) is 13.2 Å². The Morgan fingerprint density at radius 2 is 1.91 bits per heavy atom. The molecule has 0 aliphatic carbocycles. The zero-order chi connectivity index (χ0) is 16.9. The van der Waals surface area contributed by atoms with Gasteiger partial charge in [-0.3, -0.25) is 0 Å². The number of amides is 2. The first-order valence-corrected chi connectivity index (χ1v) is 8.88. The normalized spacial score (nSPS) is 12.6. The number of benzene rings is 1. The van der Waals surface area contributed by atoms with Crippen molar-refractivity contribution >= 4 is 15.9 Å². The molecule has 1 aromatic carbocycles. The highest BCUT2D eigenvalue weighted by molar-refractivity contribution is 7.91. The van der Waals surface area contributed by atoms with Gasteiger partial charge in [0.15, 0.2) is 9.84 Å². The van der Waals surface area contributed by atoms with Crippen LogP contribution in [0.5, 0.6) is 0 Å².